The largest absolute Gasteiger partial charge is 0.343 e. The molecule has 1 aliphatic rings. The molecule has 0 aromatic heterocycles. The normalized spacial score (nSPS) is 16.4. The molecule has 94 valence electrons. The zero-order valence-electron chi connectivity index (χ0n) is 10.6. The third kappa shape index (κ3) is 5.50. The van der Waals surface area contributed by atoms with Crippen LogP contribution < -0.4 is 5.32 Å². The van der Waals surface area contributed by atoms with Crippen molar-refractivity contribution in [1.82, 2.24) is 10.2 Å². The Bertz CT molecular complexity index is 188. The van der Waals surface area contributed by atoms with Crippen molar-refractivity contribution >= 4 is 5.91 Å². The summed E-state index contributed by atoms with van der Waals surface area (Å²) >= 11 is 0. The summed E-state index contributed by atoms with van der Waals surface area (Å²) in [6.07, 6.45) is 8.12. The molecule has 0 aromatic rings. The van der Waals surface area contributed by atoms with Crippen molar-refractivity contribution in [2.75, 3.05) is 26.2 Å². The lowest BCUT2D eigenvalue weighted by Crippen LogP contribution is -2.37. The Labute approximate surface area is 99.6 Å². The number of carbonyl (C=O) groups excluding carboxylic acids is 1. The van der Waals surface area contributed by atoms with Crippen LogP contribution in [0, 0.1) is 0 Å². The van der Waals surface area contributed by atoms with Crippen molar-refractivity contribution in [2.45, 2.75) is 51.9 Å². The van der Waals surface area contributed by atoms with Crippen molar-refractivity contribution in [2.24, 2.45) is 0 Å². The Morgan fingerprint density at radius 3 is 2.56 bits per heavy atom. The minimum atomic E-state index is 0.336. The highest BCUT2D eigenvalue weighted by Gasteiger charge is 2.15. The van der Waals surface area contributed by atoms with Gasteiger partial charge >= 0.3 is 0 Å². The summed E-state index contributed by atoms with van der Waals surface area (Å²) in [5.74, 6) is 0.336. The first-order valence-electron chi connectivity index (χ1n) is 6.83. The predicted molar refractivity (Wildman–Crippen MR) is 67.4 cm³/mol. The maximum absolute atomic E-state index is 11.8. The number of nitrogens with one attached hydrogen (secondary N) is 1. The molecule has 1 N–H and O–H groups in total. The smallest absolute Gasteiger partial charge is 0.223 e. The minimum absolute atomic E-state index is 0.336. The quantitative estimate of drug-likeness (QED) is 0.675. The van der Waals surface area contributed by atoms with Gasteiger partial charge in [0.1, 0.15) is 0 Å². The lowest BCUT2D eigenvalue weighted by atomic mass is 10.1. The summed E-state index contributed by atoms with van der Waals surface area (Å²) in [4.78, 5) is 13.8. The average molecular weight is 226 g/mol. The molecule has 1 amide bonds. The Morgan fingerprint density at radius 1 is 1.12 bits per heavy atom. The fourth-order valence-corrected chi connectivity index (χ4v) is 2.12. The first-order chi connectivity index (χ1) is 7.84. The molecule has 1 aliphatic heterocycles. The molecule has 16 heavy (non-hydrogen) atoms. The number of likely N-dealkylation sites (tertiary alicyclic amines) is 1. The molecule has 0 atom stereocenters. The molecule has 0 aromatic carbocycles. The summed E-state index contributed by atoms with van der Waals surface area (Å²) in [7, 11) is 0. The monoisotopic (exact) mass is 226 g/mol. The molecule has 0 unspecified atom stereocenters. The highest BCUT2D eigenvalue weighted by molar-refractivity contribution is 5.76. The van der Waals surface area contributed by atoms with Crippen LogP contribution in [0.4, 0.5) is 0 Å². The van der Waals surface area contributed by atoms with E-state index in [0.717, 1.165) is 26.2 Å². The van der Waals surface area contributed by atoms with Crippen LogP contribution in [0.15, 0.2) is 0 Å². The predicted octanol–water partition coefficient (Wildman–Crippen LogP) is 2.17. The maximum atomic E-state index is 11.8. The van der Waals surface area contributed by atoms with Crippen LogP contribution in [-0.4, -0.2) is 37.0 Å². The molecule has 0 aliphatic carbocycles. The van der Waals surface area contributed by atoms with Crippen molar-refractivity contribution in [3.8, 4) is 0 Å². The molecular formula is C13H26N2O. The standard InChI is InChI=1S/C13H26N2O/c1-2-3-5-9-14-10-8-13(16)15-11-6-4-7-12-15/h14H,2-12H2,1H3. The van der Waals surface area contributed by atoms with Crippen LogP contribution >= 0.6 is 0 Å². The molecule has 1 rings (SSSR count). The van der Waals surface area contributed by atoms with Crippen LogP contribution in [0.25, 0.3) is 0 Å². The summed E-state index contributed by atoms with van der Waals surface area (Å²) in [6.45, 7) is 6.07. The van der Waals surface area contributed by atoms with Crippen molar-refractivity contribution in [3.05, 3.63) is 0 Å². The fourth-order valence-electron chi connectivity index (χ4n) is 2.12. The SMILES string of the molecule is CCCCCNCCC(=O)N1CCCCC1. The molecule has 0 bridgehead atoms. The van der Waals surface area contributed by atoms with Gasteiger partial charge in [0.2, 0.25) is 5.91 Å². The maximum Gasteiger partial charge on any atom is 0.223 e. The summed E-state index contributed by atoms with van der Waals surface area (Å²) in [5, 5.41) is 3.34. The second-order valence-corrected chi connectivity index (χ2v) is 4.65. The van der Waals surface area contributed by atoms with Gasteiger partial charge in [0, 0.05) is 26.1 Å². The van der Waals surface area contributed by atoms with E-state index in [9.17, 15) is 4.79 Å². The molecule has 1 heterocycles. The number of piperidine rings is 1. The van der Waals surface area contributed by atoms with E-state index in [1.54, 1.807) is 0 Å². The first-order valence-corrected chi connectivity index (χ1v) is 6.83. The number of carbonyl (C=O) groups is 1. The van der Waals surface area contributed by atoms with Crippen LogP contribution in [0.3, 0.4) is 0 Å². The van der Waals surface area contributed by atoms with Gasteiger partial charge in [-0.3, -0.25) is 4.79 Å². The highest BCUT2D eigenvalue weighted by Crippen LogP contribution is 2.09. The number of hydrogen-bond donors (Lipinski definition) is 1. The van der Waals surface area contributed by atoms with E-state index in [0.29, 0.717) is 12.3 Å². The molecule has 1 fully saturated rings. The van der Waals surface area contributed by atoms with E-state index in [1.807, 2.05) is 4.90 Å². The Hall–Kier alpha value is -0.570. The number of rotatable bonds is 7. The van der Waals surface area contributed by atoms with Gasteiger partial charge in [0.15, 0.2) is 0 Å². The number of nitrogens with zero attached hydrogens (tertiary/aromatic N) is 1. The zero-order chi connectivity index (χ0) is 11.6. The van der Waals surface area contributed by atoms with Gasteiger partial charge in [-0.25, -0.2) is 0 Å². The van der Waals surface area contributed by atoms with E-state index >= 15 is 0 Å². The van der Waals surface area contributed by atoms with E-state index in [2.05, 4.69) is 12.2 Å². The number of amides is 1. The van der Waals surface area contributed by atoms with E-state index in [-0.39, 0.29) is 0 Å². The minimum Gasteiger partial charge on any atom is -0.343 e. The van der Waals surface area contributed by atoms with Gasteiger partial charge in [-0.15, -0.1) is 0 Å². The van der Waals surface area contributed by atoms with Crippen LogP contribution in [-0.2, 0) is 4.79 Å². The third-order valence-electron chi connectivity index (χ3n) is 3.18. The molecule has 0 radical (unpaired) electrons. The third-order valence-corrected chi connectivity index (χ3v) is 3.18. The number of unbranched alkanes of at least 4 members (excludes halogenated alkanes) is 2. The Morgan fingerprint density at radius 2 is 1.88 bits per heavy atom. The summed E-state index contributed by atoms with van der Waals surface area (Å²) < 4.78 is 0. The summed E-state index contributed by atoms with van der Waals surface area (Å²) in [6, 6.07) is 0. The van der Waals surface area contributed by atoms with Crippen LogP contribution in [0.5, 0.6) is 0 Å². The number of hydrogen-bond acceptors (Lipinski definition) is 2. The second kappa shape index (κ2) is 8.57. The zero-order valence-corrected chi connectivity index (χ0v) is 10.6. The molecule has 1 saturated heterocycles. The van der Waals surface area contributed by atoms with E-state index < -0.39 is 0 Å². The molecule has 0 spiro atoms. The van der Waals surface area contributed by atoms with Crippen LogP contribution in [0.1, 0.15) is 51.9 Å². The van der Waals surface area contributed by atoms with Gasteiger partial charge in [-0.05, 0) is 32.2 Å². The van der Waals surface area contributed by atoms with Gasteiger partial charge in [-0.1, -0.05) is 19.8 Å². The van der Waals surface area contributed by atoms with Gasteiger partial charge in [0.05, 0.1) is 0 Å². The van der Waals surface area contributed by atoms with Crippen molar-refractivity contribution in [1.29, 1.82) is 0 Å². The van der Waals surface area contributed by atoms with Crippen LogP contribution in [0.2, 0.25) is 0 Å². The molecule has 3 heteroatoms. The topological polar surface area (TPSA) is 32.3 Å². The summed E-state index contributed by atoms with van der Waals surface area (Å²) in [5.41, 5.74) is 0. The van der Waals surface area contributed by atoms with Crippen molar-refractivity contribution in [3.63, 3.8) is 0 Å². The van der Waals surface area contributed by atoms with Gasteiger partial charge in [-0.2, -0.15) is 0 Å². The van der Waals surface area contributed by atoms with E-state index in [1.165, 1.54) is 38.5 Å². The first kappa shape index (κ1) is 13.5. The molecular weight excluding hydrogens is 200 g/mol. The molecule has 3 nitrogen and oxygen atoms in total. The Balaban J connectivity index is 1.97. The fraction of sp³-hybridized carbons (Fsp3) is 0.923. The van der Waals surface area contributed by atoms with Gasteiger partial charge in [0.25, 0.3) is 0 Å². The van der Waals surface area contributed by atoms with Gasteiger partial charge < -0.3 is 10.2 Å². The van der Waals surface area contributed by atoms with Crippen molar-refractivity contribution < 1.29 is 4.79 Å². The van der Waals surface area contributed by atoms with E-state index in [4.69, 9.17) is 0 Å². The highest BCUT2D eigenvalue weighted by atomic mass is 16.2. The second-order valence-electron chi connectivity index (χ2n) is 4.65. The average Bonchev–Trinajstić information content (AvgIpc) is 2.34. The molecule has 0 saturated carbocycles. The Kier molecular flexibility index (Phi) is 7.23. The lowest BCUT2D eigenvalue weighted by molar-refractivity contribution is -0.131. The lowest BCUT2D eigenvalue weighted by Gasteiger charge is -2.26.